The van der Waals surface area contributed by atoms with E-state index in [4.69, 9.17) is 4.98 Å². The first kappa shape index (κ1) is 12.4. The maximum atomic E-state index is 4.79. The summed E-state index contributed by atoms with van der Waals surface area (Å²) >= 11 is 0.399. The molecule has 0 atom stereocenters. The zero-order valence-corrected chi connectivity index (χ0v) is 12.5. The fourth-order valence-corrected chi connectivity index (χ4v) is 3.78. The van der Waals surface area contributed by atoms with Crippen LogP contribution in [0.4, 0.5) is 0 Å². The SMILES string of the molecule is Cc1ccc(-c2c[se]c(Cc3ccccc3)n2)cc1. The summed E-state index contributed by atoms with van der Waals surface area (Å²) in [5.41, 5.74) is 5.02. The molecule has 19 heavy (non-hydrogen) atoms. The molecule has 0 unspecified atom stereocenters. The van der Waals surface area contributed by atoms with Crippen LogP contribution in [0.15, 0.2) is 59.5 Å². The van der Waals surface area contributed by atoms with Crippen LogP contribution in [0.1, 0.15) is 15.7 Å². The normalized spacial score (nSPS) is 10.6. The molecule has 1 heterocycles. The van der Waals surface area contributed by atoms with Gasteiger partial charge in [0.1, 0.15) is 0 Å². The van der Waals surface area contributed by atoms with Gasteiger partial charge in [0.25, 0.3) is 0 Å². The summed E-state index contributed by atoms with van der Waals surface area (Å²) in [6, 6.07) is 19.2. The third kappa shape index (κ3) is 3.04. The van der Waals surface area contributed by atoms with E-state index < -0.39 is 0 Å². The molecule has 3 aromatic rings. The van der Waals surface area contributed by atoms with E-state index in [-0.39, 0.29) is 0 Å². The number of benzene rings is 2. The summed E-state index contributed by atoms with van der Waals surface area (Å²) in [5.74, 6) is 0. The van der Waals surface area contributed by atoms with Crippen LogP contribution in [0.2, 0.25) is 0 Å². The molecule has 0 bridgehead atoms. The summed E-state index contributed by atoms with van der Waals surface area (Å²) in [7, 11) is 0. The Morgan fingerprint density at radius 3 is 2.42 bits per heavy atom. The van der Waals surface area contributed by atoms with Gasteiger partial charge in [0.05, 0.1) is 0 Å². The van der Waals surface area contributed by atoms with Gasteiger partial charge in [-0.15, -0.1) is 0 Å². The quantitative estimate of drug-likeness (QED) is 0.672. The van der Waals surface area contributed by atoms with Crippen LogP contribution < -0.4 is 0 Å². The first-order chi connectivity index (χ1) is 9.31. The number of nitrogens with zero attached hydrogens (tertiary/aromatic N) is 1. The van der Waals surface area contributed by atoms with Crippen molar-refractivity contribution in [2.24, 2.45) is 0 Å². The summed E-state index contributed by atoms with van der Waals surface area (Å²) < 4.78 is 1.31. The molecule has 0 aliphatic carbocycles. The van der Waals surface area contributed by atoms with Crippen LogP contribution in [0.5, 0.6) is 0 Å². The Morgan fingerprint density at radius 2 is 1.68 bits per heavy atom. The third-order valence-corrected chi connectivity index (χ3v) is 4.88. The molecule has 0 fully saturated rings. The van der Waals surface area contributed by atoms with Gasteiger partial charge in [-0.3, -0.25) is 0 Å². The van der Waals surface area contributed by atoms with E-state index in [0.717, 1.165) is 12.1 Å². The van der Waals surface area contributed by atoms with Crippen molar-refractivity contribution in [3.8, 4) is 11.3 Å². The van der Waals surface area contributed by atoms with E-state index in [9.17, 15) is 0 Å². The summed E-state index contributed by atoms with van der Waals surface area (Å²) in [5, 5.41) is 0. The summed E-state index contributed by atoms with van der Waals surface area (Å²) in [6.07, 6.45) is 0.979. The Labute approximate surface area is 119 Å². The molecule has 0 radical (unpaired) electrons. The predicted molar refractivity (Wildman–Crippen MR) is 80.6 cm³/mol. The second-order valence-corrected chi connectivity index (χ2v) is 6.63. The summed E-state index contributed by atoms with van der Waals surface area (Å²) in [6.45, 7) is 2.11. The Balaban J connectivity index is 1.82. The Bertz CT molecular complexity index is 653. The van der Waals surface area contributed by atoms with Crippen LogP contribution >= 0.6 is 0 Å². The number of aryl methyl sites for hydroxylation is 1. The van der Waals surface area contributed by atoms with Crippen LogP contribution in [0, 0.1) is 6.92 Å². The molecule has 0 saturated heterocycles. The molecule has 0 aliphatic heterocycles. The molecule has 0 N–H and O–H groups in total. The van der Waals surface area contributed by atoms with Gasteiger partial charge in [0.15, 0.2) is 0 Å². The van der Waals surface area contributed by atoms with Gasteiger partial charge in [-0.1, -0.05) is 0 Å². The molecule has 94 valence electrons. The van der Waals surface area contributed by atoms with E-state index in [2.05, 4.69) is 66.5 Å². The molecule has 1 aromatic heterocycles. The molecule has 1 nitrogen and oxygen atoms in total. The van der Waals surface area contributed by atoms with Crippen molar-refractivity contribution in [1.29, 1.82) is 0 Å². The zero-order valence-electron chi connectivity index (χ0n) is 10.8. The van der Waals surface area contributed by atoms with Crippen LogP contribution in [0.25, 0.3) is 11.3 Å². The maximum absolute atomic E-state index is 4.79. The van der Waals surface area contributed by atoms with E-state index in [1.54, 1.807) is 0 Å². The van der Waals surface area contributed by atoms with Gasteiger partial charge in [0.2, 0.25) is 0 Å². The standard InChI is InChI=1S/C17H15NSe/c1-13-7-9-15(10-8-13)16-12-19-17(18-16)11-14-5-3-2-4-6-14/h2-10,12H,11H2,1H3. The third-order valence-electron chi connectivity index (χ3n) is 3.10. The molecular weight excluding hydrogens is 297 g/mol. The van der Waals surface area contributed by atoms with Crippen molar-refractivity contribution in [3.63, 3.8) is 0 Å². The Morgan fingerprint density at radius 1 is 0.947 bits per heavy atom. The average molecular weight is 312 g/mol. The van der Waals surface area contributed by atoms with Gasteiger partial charge in [-0.25, -0.2) is 0 Å². The minimum absolute atomic E-state index is 0.399. The Hall–Kier alpha value is -1.63. The monoisotopic (exact) mass is 313 g/mol. The molecule has 0 spiro atoms. The van der Waals surface area contributed by atoms with Gasteiger partial charge >= 0.3 is 119 Å². The van der Waals surface area contributed by atoms with Crippen LogP contribution in [0.3, 0.4) is 0 Å². The van der Waals surface area contributed by atoms with Gasteiger partial charge in [0, 0.05) is 0 Å². The van der Waals surface area contributed by atoms with E-state index in [1.165, 1.54) is 21.3 Å². The van der Waals surface area contributed by atoms with Gasteiger partial charge in [-0.2, -0.15) is 0 Å². The second kappa shape index (κ2) is 5.56. The Kier molecular flexibility index (Phi) is 3.63. The molecule has 2 heteroatoms. The van der Waals surface area contributed by atoms with E-state index >= 15 is 0 Å². The van der Waals surface area contributed by atoms with Crippen molar-refractivity contribution < 1.29 is 0 Å². The zero-order chi connectivity index (χ0) is 13.1. The van der Waals surface area contributed by atoms with Crippen molar-refractivity contribution in [3.05, 3.63) is 75.2 Å². The van der Waals surface area contributed by atoms with Crippen molar-refractivity contribution >= 4 is 14.5 Å². The minimum atomic E-state index is 0.399. The van der Waals surface area contributed by atoms with Gasteiger partial charge < -0.3 is 0 Å². The molecular formula is C17H15NSe. The van der Waals surface area contributed by atoms with E-state index in [0.29, 0.717) is 14.5 Å². The first-order valence-corrected chi connectivity index (χ1v) is 8.21. The average Bonchev–Trinajstić information content (AvgIpc) is 2.89. The fourth-order valence-electron chi connectivity index (χ4n) is 2.02. The molecule has 3 rings (SSSR count). The molecule has 2 aromatic carbocycles. The molecule has 0 aliphatic rings. The molecule has 0 amide bonds. The van der Waals surface area contributed by atoms with E-state index in [1.807, 2.05) is 0 Å². The van der Waals surface area contributed by atoms with Gasteiger partial charge in [-0.05, 0) is 0 Å². The molecule has 0 saturated carbocycles. The topological polar surface area (TPSA) is 12.9 Å². The second-order valence-electron chi connectivity index (χ2n) is 4.65. The number of aromatic nitrogens is 1. The van der Waals surface area contributed by atoms with Crippen molar-refractivity contribution in [2.45, 2.75) is 13.3 Å². The summed E-state index contributed by atoms with van der Waals surface area (Å²) in [4.78, 5) is 7.08. The first-order valence-electron chi connectivity index (χ1n) is 6.36. The number of hydrogen-bond acceptors (Lipinski definition) is 1. The van der Waals surface area contributed by atoms with Crippen LogP contribution in [-0.2, 0) is 6.42 Å². The predicted octanol–water partition coefficient (Wildman–Crippen LogP) is 3.70. The number of rotatable bonds is 3. The van der Waals surface area contributed by atoms with Crippen LogP contribution in [-0.4, -0.2) is 19.5 Å². The van der Waals surface area contributed by atoms with Crippen molar-refractivity contribution in [1.82, 2.24) is 4.98 Å². The fraction of sp³-hybridized carbons (Fsp3) is 0.118. The number of hydrogen-bond donors (Lipinski definition) is 0. The van der Waals surface area contributed by atoms with Crippen molar-refractivity contribution in [2.75, 3.05) is 0 Å².